The van der Waals surface area contributed by atoms with Crippen LogP contribution in [0.15, 0.2) is 83.7 Å². The van der Waals surface area contributed by atoms with Crippen LogP contribution < -0.4 is 10.3 Å². The Hall–Kier alpha value is -3.93. The van der Waals surface area contributed by atoms with E-state index in [0.717, 1.165) is 18.6 Å². The average Bonchev–Trinajstić information content (AvgIpc) is 3.51. The normalized spacial score (nSPS) is 14.3. The van der Waals surface area contributed by atoms with Gasteiger partial charge in [0.1, 0.15) is 11.6 Å². The van der Waals surface area contributed by atoms with Crippen molar-refractivity contribution in [1.82, 2.24) is 14.5 Å². The van der Waals surface area contributed by atoms with Gasteiger partial charge in [0, 0.05) is 13.0 Å². The van der Waals surface area contributed by atoms with Crippen LogP contribution in [0.25, 0.3) is 16.6 Å². The Balaban J connectivity index is 1.53. The number of nitrogens with zero attached hydrogens (tertiary/aromatic N) is 3. The van der Waals surface area contributed by atoms with Crippen LogP contribution in [0.4, 0.5) is 0 Å². The largest absolute Gasteiger partial charge is 0.494 e. The third kappa shape index (κ3) is 6.27. The summed E-state index contributed by atoms with van der Waals surface area (Å²) in [6, 6.07) is 24.8. The maximum atomic E-state index is 13.9. The third-order valence-corrected chi connectivity index (χ3v) is 8.09. The van der Waals surface area contributed by atoms with Crippen LogP contribution in [0, 0.1) is 5.92 Å². The minimum atomic E-state index is -0.399. The lowest BCUT2D eigenvalue weighted by Gasteiger charge is -2.31. The summed E-state index contributed by atoms with van der Waals surface area (Å²) in [7, 11) is 0. The number of carbonyl (C=O) groups is 1. The van der Waals surface area contributed by atoms with Gasteiger partial charge in [-0.15, -0.1) is 0 Å². The van der Waals surface area contributed by atoms with E-state index < -0.39 is 6.04 Å². The van der Waals surface area contributed by atoms with Crippen molar-refractivity contribution in [2.24, 2.45) is 5.92 Å². The van der Waals surface area contributed by atoms with Gasteiger partial charge in [0.25, 0.3) is 5.56 Å². The molecule has 40 heavy (non-hydrogen) atoms. The number of carbonyl (C=O) groups excluding carboxylic acids is 1. The number of amides is 1. The summed E-state index contributed by atoms with van der Waals surface area (Å²) in [5.74, 6) is 2.07. The van der Waals surface area contributed by atoms with Crippen LogP contribution in [0.5, 0.6) is 5.75 Å². The molecule has 1 saturated carbocycles. The van der Waals surface area contributed by atoms with Crippen LogP contribution in [0.1, 0.15) is 69.8 Å². The molecule has 1 fully saturated rings. The Morgan fingerprint density at radius 2 is 1.70 bits per heavy atom. The number of ether oxygens (including phenoxy) is 1. The minimum Gasteiger partial charge on any atom is -0.494 e. The number of hydrogen-bond donors (Lipinski definition) is 0. The quantitative estimate of drug-likeness (QED) is 0.209. The molecular weight excluding hydrogens is 498 g/mol. The molecule has 4 aromatic rings. The highest BCUT2D eigenvalue weighted by atomic mass is 16.5. The van der Waals surface area contributed by atoms with E-state index in [9.17, 15) is 9.59 Å². The van der Waals surface area contributed by atoms with Crippen molar-refractivity contribution in [1.29, 1.82) is 0 Å². The maximum absolute atomic E-state index is 13.9. The van der Waals surface area contributed by atoms with Gasteiger partial charge < -0.3 is 9.64 Å². The molecule has 3 aromatic carbocycles. The molecule has 1 aliphatic rings. The Bertz CT molecular complexity index is 1470. The van der Waals surface area contributed by atoms with Crippen LogP contribution >= 0.6 is 0 Å². The molecule has 0 spiro atoms. The fourth-order valence-corrected chi connectivity index (χ4v) is 5.88. The molecule has 0 saturated heterocycles. The van der Waals surface area contributed by atoms with Crippen molar-refractivity contribution in [3.05, 3.63) is 101 Å². The zero-order valence-corrected chi connectivity index (χ0v) is 23.6. The Morgan fingerprint density at radius 3 is 2.42 bits per heavy atom. The third-order valence-electron chi connectivity index (χ3n) is 8.09. The van der Waals surface area contributed by atoms with Crippen LogP contribution in [-0.4, -0.2) is 33.5 Å². The van der Waals surface area contributed by atoms with E-state index in [4.69, 9.17) is 9.72 Å². The van der Waals surface area contributed by atoms with Gasteiger partial charge in [-0.25, -0.2) is 4.98 Å². The number of fused-ring (bicyclic) bond motifs is 1. The van der Waals surface area contributed by atoms with Gasteiger partial charge in [0.05, 0.1) is 29.2 Å². The van der Waals surface area contributed by atoms with E-state index in [2.05, 4.69) is 12.1 Å². The summed E-state index contributed by atoms with van der Waals surface area (Å²) >= 11 is 0. The van der Waals surface area contributed by atoms with Crippen molar-refractivity contribution in [3.63, 3.8) is 0 Å². The number of para-hydroxylation sites is 1. The predicted octanol–water partition coefficient (Wildman–Crippen LogP) is 6.89. The summed E-state index contributed by atoms with van der Waals surface area (Å²) in [6.45, 7) is 5.07. The van der Waals surface area contributed by atoms with Gasteiger partial charge in [-0.2, -0.15) is 0 Å². The minimum absolute atomic E-state index is 0.121. The first-order valence-electron chi connectivity index (χ1n) is 14.6. The highest BCUT2D eigenvalue weighted by Gasteiger charge is 2.27. The fourth-order valence-electron chi connectivity index (χ4n) is 5.88. The van der Waals surface area contributed by atoms with E-state index in [1.165, 1.54) is 31.2 Å². The summed E-state index contributed by atoms with van der Waals surface area (Å²) in [4.78, 5) is 34.7. The molecule has 1 unspecified atom stereocenters. The van der Waals surface area contributed by atoms with Crippen molar-refractivity contribution in [3.8, 4) is 11.4 Å². The zero-order chi connectivity index (χ0) is 27.9. The van der Waals surface area contributed by atoms with Gasteiger partial charge in [-0.1, -0.05) is 68.1 Å². The summed E-state index contributed by atoms with van der Waals surface area (Å²) in [5, 5.41) is 0.552. The second-order valence-electron chi connectivity index (χ2n) is 10.7. The Kier molecular flexibility index (Phi) is 8.94. The molecule has 1 aromatic heterocycles. The van der Waals surface area contributed by atoms with E-state index in [0.29, 0.717) is 47.9 Å². The monoisotopic (exact) mass is 537 g/mol. The molecular formula is C34H39N3O3. The molecule has 0 aliphatic heterocycles. The predicted molar refractivity (Wildman–Crippen MR) is 160 cm³/mol. The topological polar surface area (TPSA) is 64.4 Å². The lowest BCUT2D eigenvalue weighted by molar-refractivity contribution is -0.133. The van der Waals surface area contributed by atoms with Gasteiger partial charge in [-0.05, 0) is 74.6 Å². The summed E-state index contributed by atoms with van der Waals surface area (Å²) in [6.07, 6.45) is 7.15. The molecule has 0 N–H and O–H groups in total. The Labute approximate surface area is 236 Å². The SMILES string of the molecule is CCOc1ccc(-n2c(C(C)N(CCc3ccccc3)C(=O)CCC3CCCC3)nc3ccccc3c2=O)cc1. The summed E-state index contributed by atoms with van der Waals surface area (Å²) in [5.41, 5.74) is 2.38. The second-order valence-corrected chi connectivity index (χ2v) is 10.7. The van der Waals surface area contributed by atoms with Gasteiger partial charge >= 0.3 is 0 Å². The van der Waals surface area contributed by atoms with E-state index in [1.807, 2.05) is 85.5 Å². The first-order valence-corrected chi connectivity index (χ1v) is 14.6. The van der Waals surface area contributed by atoms with Crippen LogP contribution in [0.2, 0.25) is 0 Å². The number of hydrogen-bond acceptors (Lipinski definition) is 4. The van der Waals surface area contributed by atoms with Crippen molar-refractivity contribution < 1.29 is 9.53 Å². The average molecular weight is 538 g/mol. The second kappa shape index (κ2) is 12.9. The number of aromatic nitrogens is 2. The van der Waals surface area contributed by atoms with E-state index in [1.54, 1.807) is 4.57 Å². The van der Waals surface area contributed by atoms with Crippen molar-refractivity contribution in [2.75, 3.05) is 13.2 Å². The molecule has 208 valence electrons. The van der Waals surface area contributed by atoms with Crippen molar-refractivity contribution in [2.45, 2.75) is 64.8 Å². The van der Waals surface area contributed by atoms with Gasteiger partial charge in [-0.3, -0.25) is 14.2 Å². The molecule has 6 nitrogen and oxygen atoms in total. The fraction of sp³-hybridized carbons (Fsp3) is 0.382. The zero-order valence-electron chi connectivity index (χ0n) is 23.6. The van der Waals surface area contributed by atoms with Crippen LogP contribution in [0.3, 0.4) is 0 Å². The molecule has 6 heteroatoms. The maximum Gasteiger partial charge on any atom is 0.266 e. The molecule has 1 aliphatic carbocycles. The van der Waals surface area contributed by atoms with Crippen LogP contribution in [-0.2, 0) is 11.2 Å². The molecule has 1 amide bonds. The smallest absolute Gasteiger partial charge is 0.266 e. The summed E-state index contributed by atoms with van der Waals surface area (Å²) < 4.78 is 7.30. The van der Waals surface area contributed by atoms with Gasteiger partial charge in [0.15, 0.2) is 0 Å². The first kappa shape index (κ1) is 27.6. The molecule has 5 rings (SSSR count). The van der Waals surface area contributed by atoms with E-state index >= 15 is 0 Å². The molecule has 0 radical (unpaired) electrons. The first-order chi connectivity index (χ1) is 19.5. The highest BCUT2D eigenvalue weighted by molar-refractivity contribution is 5.79. The van der Waals surface area contributed by atoms with Crippen molar-refractivity contribution >= 4 is 16.8 Å². The lowest BCUT2D eigenvalue weighted by Crippen LogP contribution is -2.38. The van der Waals surface area contributed by atoms with E-state index in [-0.39, 0.29) is 11.5 Å². The molecule has 1 heterocycles. The molecule has 0 bridgehead atoms. The Morgan fingerprint density at radius 1 is 1.00 bits per heavy atom. The lowest BCUT2D eigenvalue weighted by atomic mass is 10.0. The molecule has 1 atom stereocenters. The number of rotatable bonds is 11. The highest BCUT2D eigenvalue weighted by Crippen LogP contribution is 2.30. The standard InChI is InChI=1S/C34H39N3O3/c1-3-40-29-20-18-28(19-21-29)37-33(35-31-16-10-9-15-30(31)34(37)39)25(2)36(24-23-27-11-5-4-6-12-27)32(38)22-17-26-13-7-8-14-26/h4-6,9-12,15-16,18-21,25-26H,3,7-8,13-14,17,22-24H2,1-2H3. The number of benzene rings is 3. The van der Waals surface area contributed by atoms with Gasteiger partial charge in [0.2, 0.25) is 5.91 Å².